The van der Waals surface area contributed by atoms with Crippen LogP contribution in [0.1, 0.15) is 12.5 Å². The first-order chi connectivity index (χ1) is 11.8. The van der Waals surface area contributed by atoms with E-state index >= 15 is 0 Å². The quantitative estimate of drug-likeness (QED) is 0.623. The van der Waals surface area contributed by atoms with Gasteiger partial charge in [-0.25, -0.2) is 8.42 Å². The van der Waals surface area contributed by atoms with Crippen LogP contribution < -0.4 is 4.74 Å². The fraction of sp³-hybridized carbons (Fsp3) is 0.235. The number of halogens is 1. The van der Waals surface area contributed by atoms with Crippen molar-refractivity contribution in [1.29, 1.82) is 0 Å². The average molecular weight is 475 g/mol. The lowest BCUT2D eigenvalue weighted by Gasteiger charge is -2.26. The van der Waals surface area contributed by atoms with Gasteiger partial charge in [-0.3, -0.25) is 4.79 Å². The average Bonchev–Trinajstić information content (AvgIpc) is 2.59. The van der Waals surface area contributed by atoms with Gasteiger partial charge in [-0.1, -0.05) is 12.1 Å². The maximum atomic E-state index is 13.0. The molecule has 0 radical (unpaired) electrons. The van der Waals surface area contributed by atoms with E-state index in [1.54, 1.807) is 12.1 Å². The molecule has 0 aliphatic heterocycles. The molecule has 0 heterocycles. The summed E-state index contributed by atoms with van der Waals surface area (Å²) in [7, 11) is -2.50. The lowest BCUT2D eigenvalue weighted by atomic mass is 10.2. The molecular formula is C17H18INO5S. The van der Waals surface area contributed by atoms with Crippen LogP contribution >= 0.6 is 22.6 Å². The maximum absolute atomic E-state index is 13.0. The van der Waals surface area contributed by atoms with Gasteiger partial charge in [0.2, 0.25) is 10.0 Å². The molecule has 0 bridgehead atoms. The highest BCUT2D eigenvalue weighted by molar-refractivity contribution is 14.1. The van der Waals surface area contributed by atoms with Gasteiger partial charge in [0.25, 0.3) is 0 Å². The van der Waals surface area contributed by atoms with Crippen LogP contribution in [0.3, 0.4) is 0 Å². The smallest absolute Gasteiger partial charge is 0.321 e. The number of methoxy groups -OCH3 is 1. The third kappa shape index (κ3) is 4.71. The molecule has 2 rings (SSSR count). The predicted octanol–water partition coefficient (Wildman–Crippen LogP) is 2.96. The van der Waals surface area contributed by atoms with E-state index in [9.17, 15) is 18.3 Å². The number of carboxylic acid groups (broad SMARTS) is 1. The molecule has 8 heteroatoms. The van der Waals surface area contributed by atoms with Crippen LogP contribution in [0, 0.1) is 3.57 Å². The SMILES string of the molecule is COc1ccc(S(=O)(=O)N(Cc2cccc(I)c2)[C@H](C)C(=O)O)cc1. The van der Waals surface area contributed by atoms with Gasteiger partial charge >= 0.3 is 5.97 Å². The second-order valence-corrected chi connectivity index (χ2v) is 8.51. The molecular weight excluding hydrogens is 457 g/mol. The summed E-state index contributed by atoms with van der Waals surface area (Å²) in [6.45, 7) is 1.33. The maximum Gasteiger partial charge on any atom is 0.321 e. The second-order valence-electron chi connectivity index (χ2n) is 5.37. The standard InChI is InChI=1S/C17H18INO5S/c1-12(17(20)21)19(11-13-4-3-5-14(18)10-13)25(22,23)16-8-6-15(24-2)7-9-16/h3-10,12H,11H2,1-2H3,(H,20,21)/t12-/m1/s1. The molecule has 6 nitrogen and oxygen atoms in total. The molecule has 134 valence electrons. The number of sulfonamides is 1. The van der Waals surface area contributed by atoms with Crippen molar-refractivity contribution in [3.63, 3.8) is 0 Å². The Morgan fingerprint density at radius 1 is 1.24 bits per heavy atom. The Labute approximate surface area is 160 Å². The fourth-order valence-electron chi connectivity index (χ4n) is 2.25. The molecule has 0 saturated carbocycles. The van der Waals surface area contributed by atoms with Crippen molar-refractivity contribution in [2.24, 2.45) is 0 Å². The molecule has 2 aromatic rings. The van der Waals surface area contributed by atoms with Crippen LogP contribution in [0.2, 0.25) is 0 Å². The van der Waals surface area contributed by atoms with Gasteiger partial charge in [0, 0.05) is 10.1 Å². The van der Waals surface area contributed by atoms with Gasteiger partial charge in [0.1, 0.15) is 11.8 Å². The van der Waals surface area contributed by atoms with E-state index in [-0.39, 0.29) is 11.4 Å². The number of ether oxygens (including phenoxy) is 1. The van der Waals surface area contributed by atoms with E-state index in [0.717, 1.165) is 13.4 Å². The number of hydrogen-bond acceptors (Lipinski definition) is 4. The number of aliphatic carboxylic acids is 1. The molecule has 0 aliphatic carbocycles. The first kappa shape index (κ1) is 19.7. The summed E-state index contributed by atoms with van der Waals surface area (Å²) in [5, 5.41) is 9.35. The molecule has 2 aromatic carbocycles. The zero-order valence-electron chi connectivity index (χ0n) is 13.7. The molecule has 1 N–H and O–H groups in total. The molecule has 0 amide bonds. The predicted molar refractivity (Wildman–Crippen MR) is 102 cm³/mol. The number of rotatable bonds is 7. The summed E-state index contributed by atoms with van der Waals surface area (Å²) in [5.41, 5.74) is 0.720. The van der Waals surface area contributed by atoms with Crippen LogP contribution in [0.5, 0.6) is 5.75 Å². The first-order valence-electron chi connectivity index (χ1n) is 7.39. The largest absolute Gasteiger partial charge is 0.497 e. The molecule has 0 aromatic heterocycles. The number of carbonyl (C=O) groups is 1. The molecule has 0 unspecified atom stereocenters. The molecule has 0 fully saturated rings. The summed E-state index contributed by atoms with van der Waals surface area (Å²) >= 11 is 2.13. The van der Waals surface area contributed by atoms with Crippen LogP contribution in [0.15, 0.2) is 53.4 Å². The van der Waals surface area contributed by atoms with E-state index in [1.165, 1.54) is 38.3 Å². The van der Waals surface area contributed by atoms with Crippen molar-refractivity contribution >= 4 is 38.6 Å². The Kier molecular flexibility index (Phi) is 6.42. The summed E-state index contributed by atoms with van der Waals surface area (Å²) in [4.78, 5) is 11.5. The van der Waals surface area contributed by atoms with Gasteiger partial charge in [-0.2, -0.15) is 4.31 Å². The van der Waals surface area contributed by atoms with Gasteiger partial charge in [0.05, 0.1) is 12.0 Å². The third-order valence-electron chi connectivity index (χ3n) is 3.68. The minimum atomic E-state index is -3.99. The van der Waals surface area contributed by atoms with Gasteiger partial charge in [0.15, 0.2) is 0 Å². The van der Waals surface area contributed by atoms with Crippen molar-refractivity contribution < 1.29 is 23.1 Å². The number of nitrogens with zero attached hydrogens (tertiary/aromatic N) is 1. The molecule has 0 spiro atoms. The van der Waals surface area contributed by atoms with Crippen molar-refractivity contribution in [2.45, 2.75) is 24.4 Å². The lowest BCUT2D eigenvalue weighted by Crippen LogP contribution is -2.42. The van der Waals surface area contributed by atoms with Crippen LogP contribution in [-0.4, -0.2) is 37.0 Å². The van der Waals surface area contributed by atoms with E-state index in [2.05, 4.69) is 22.6 Å². The van der Waals surface area contributed by atoms with Crippen molar-refractivity contribution in [1.82, 2.24) is 4.31 Å². The number of hydrogen-bond donors (Lipinski definition) is 1. The molecule has 0 aliphatic rings. The van der Waals surface area contributed by atoms with Crippen LogP contribution in [-0.2, 0) is 21.4 Å². The minimum Gasteiger partial charge on any atom is -0.497 e. The van der Waals surface area contributed by atoms with Crippen molar-refractivity contribution in [2.75, 3.05) is 7.11 Å². The fourth-order valence-corrected chi connectivity index (χ4v) is 4.44. The summed E-state index contributed by atoms with van der Waals surface area (Å²) in [6.07, 6.45) is 0. The van der Waals surface area contributed by atoms with Crippen LogP contribution in [0.25, 0.3) is 0 Å². The normalized spacial score (nSPS) is 12.8. The Hall–Kier alpha value is -1.65. The van der Waals surface area contributed by atoms with Crippen molar-refractivity contribution in [3.8, 4) is 5.75 Å². The number of benzene rings is 2. The van der Waals surface area contributed by atoms with E-state index < -0.39 is 22.0 Å². The van der Waals surface area contributed by atoms with E-state index in [4.69, 9.17) is 4.74 Å². The topological polar surface area (TPSA) is 83.9 Å². The Bertz CT molecular complexity index is 852. The Balaban J connectivity index is 2.44. The zero-order valence-corrected chi connectivity index (χ0v) is 16.7. The van der Waals surface area contributed by atoms with Crippen molar-refractivity contribution in [3.05, 3.63) is 57.7 Å². The van der Waals surface area contributed by atoms with Crippen LogP contribution in [0.4, 0.5) is 0 Å². The lowest BCUT2D eigenvalue weighted by molar-refractivity contribution is -0.141. The highest BCUT2D eigenvalue weighted by atomic mass is 127. The number of carboxylic acids is 1. The first-order valence-corrected chi connectivity index (χ1v) is 9.90. The summed E-state index contributed by atoms with van der Waals surface area (Å²) in [5.74, 6) is -0.683. The summed E-state index contributed by atoms with van der Waals surface area (Å²) < 4.78 is 32.9. The minimum absolute atomic E-state index is 0.0204. The van der Waals surface area contributed by atoms with Gasteiger partial charge in [-0.15, -0.1) is 0 Å². The highest BCUT2D eigenvalue weighted by Gasteiger charge is 2.33. The molecule has 1 atom stereocenters. The second kappa shape index (κ2) is 8.15. The van der Waals surface area contributed by atoms with E-state index in [0.29, 0.717) is 5.75 Å². The molecule has 25 heavy (non-hydrogen) atoms. The van der Waals surface area contributed by atoms with Gasteiger partial charge in [-0.05, 0) is 71.5 Å². The van der Waals surface area contributed by atoms with Gasteiger partial charge < -0.3 is 9.84 Å². The highest BCUT2D eigenvalue weighted by Crippen LogP contribution is 2.24. The monoisotopic (exact) mass is 475 g/mol. The zero-order chi connectivity index (χ0) is 18.6. The summed E-state index contributed by atoms with van der Waals surface area (Å²) in [6, 6.07) is 12.0. The third-order valence-corrected chi connectivity index (χ3v) is 6.28. The van der Waals surface area contributed by atoms with E-state index in [1.807, 2.05) is 12.1 Å². The Morgan fingerprint density at radius 2 is 1.88 bits per heavy atom. The molecule has 0 saturated heterocycles. The Morgan fingerprint density at radius 3 is 2.40 bits per heavy atom.